The number of morpholine rings is 2. The van der Waals surface area contributed by atoms with Crippen molar-refractivity contribution in [1.82, 2.24) is 9.80 Å². The van der Waals surface area contributed by atoms with Crippen LogP contribution in [0.15, 0.2) is 60.9 Å². The van der Waals surface area contributed by atoms with Gasteiger partial charge in [0.15, 0.2) is 41.0 Å². The van der Waals surface area contributed by atoms with Crippen molar-refractivity contribution in [3.8, 4) is 28.4 Å². The van der Waals surface area contributed by atoms with E-state index in [0.717, 1.165) is 39.3 Å². The maximum absolute atomic E-state index is 12.7. The second kappa shape index (κ2) is 18.4. The maximum atomic E-state index is 12.7. The number of amides is 1. The Kier molecular flexibility index (Phi) is 13.2. The fourth-order valence-electron chi connectivity index (χ4n) is 7.18. The summed E-state index contributed by atoms with van der Waals surface area (Å²) in [7, 11) is 1.35. The molecule has 2 N–H and O–H groups in total. The first-order valence-electron chi connectivity index (χ1n) is 18.8. The SMILES string of the molecule is COc1cc2c(C)c(CC(=O)N3CCOCC3)c(=O)oc2c(C=O)c1O.Cc1c(-c2ccc(C(=O)CCCN3CCOCC3)cc2)c(=O)oc2c(C=O)c(O)ccc12. The van der Waals surface area contributed by atoms with Crippen molar-refractivity contribution in [2.24, 2.45) is 0 Å². The van der Waals surface area contributed by atoms with Gasteiger partial charge in [-0.3, -0.25) is 24.1 Å². The van der Waals surface area contributed by atoms with Crippen molar-refractivity contribution in [2.45, 2.75) is 33.1 Å². The number of aryl methyl sites for hydroxylation is 2. The molecule has 0 saturated carbocycles. The average Bonchev–Trinajstić information content (AvgIpc) is 3.23. The second-order valence-corrected chi connectivity index (χ2v) is 13.9. The number of phenolic OH excluding ortho intramolecular Hbond substituents is 2. The number of aldehydes is 2. The zero-order valence-electron chi connectivity index (χ0n) is 32.5. The van der Waals surface area contributed by atoms with Crippen LogP contribution in [0.5, 0.6) is 17.2 Å². The van der Waals surface area contributed by atoms with Crippen LogP contribution in [0.2, 0.25) is 0 Å². The van der Waals surface area contributed by atoms with E-state index in [-0.39, 0.29) is 57.5 Å². The lowest BCUT2D eigenvalue weighted by atomic mass is 9.96. The van der Waals surface area contributed by atoms with Crippen LogP contribution < -0.4 is 16.0 Å². The average molecular weight is 797 g/mol. The molecular weight excluding hydrogens is 752 g/mol. The van der Waals surface area contributed by atoms with Crippen LogP contribution in [0, 0.1) is 13.8 Å². The minimum atomic E-state index is -0.704. The first-order chi connectivity index (χ1) is 28.0. The van der Waals surface area contributed by atoms with Gasteiger partial charge in [0.05, 0.1) is 56.6 Å². The third-order valence-electron chi connectivity index (χ3n) is 10.5. The number of methoxy groups -OCH3 is 1. The van der Waals surface area contributed by atoms with E-state index in [9.17, 15) is 39.0 Å². The molecule has 7 rings (SSSR count). The molecule has 0 unspecified atom stereocenters. The normalized spacial score (nSPS) is 14.5. The van der Waals surface area contributed by atoms with Crippen molar-refractivity contribution in [2.75, 3.05) is 66.3 Å². The van der Waals surface area contributed by atoms with Crippen LogP contribution in [-0.4, -0.2) is 111 Å². The van der Waals surface area contributed by atoms with E-state index in [2.05, 4.69) is 4.90 Å². The van der Waals surface area contributed by atoms with Crippen LogP contribution in [0.4, 0.5) is 0 Å². The number of hydrogen-bond acceptors (Lipinski definition) is 14. The molecule has 2 aliphatic heterocycles. The van der Waals surface area contributed by atoms with Crippen molar-refractivity contribution in [3.05, 3.63) is 96.7 Å². The lowest BCUT2D eigenvalue weighted by Crippen LogP contribution is -2.42. The largest absolute Gasteiger partial charge is 0.507 e. The number of carbonyl (C=O) groups excluding carboxylic acids is 4. The molecule has 1 amide bonds. The Balaban J connectivity index is 0.000000200. The van der Waals surface area contributed by atoms with Gasteiger partial charge in [0, 0.05) is 48.9 Å². The van der Waals surface area contributed by atoms with Crippen LogP contribution in [0.25, 0.3) is 33.1 Å². The van der Waals surface area contributed by atoms with Gasteiger partial charge in [-0.2, -0.15) is 0 Å². The van der Waals surface area contributed by atoms with Gasteiger partial charge in [0.1, 0.15) is 11.3 Å². The molecule has 0 radical (unpaired) electrons. The number of fused-ring (bicyclic) bond motifs is 2. The predicted octanol–water partition coefficient (Wildman–Crippen LogP) is 4.61. The summed E-state index contributed by atoms with van der Waals surface area (Å²) in [5.74, 6) is -0.668. The fourth-order valence-corrected chi connectivity index (χ4v) is 7.18. The highest BCUT2D eigenvalue weighted by molar-refractivity contribution is 6.01. The number of phenols is 2. The number of ether oxygens (including phenoxy) is 3. The Morgan fingerprint density at radius 3 is 2.05 bits per heavy atom. The van der Waals surface area contributed by atoms with E-state index in [0.29, 0.717) is 83.9 Å². The molecule has 2 fully saturated rings. The zero-order chi connectivity index (χ0) is 41.5. The number of nitrogens with zero attached hydrogens (tertiary/aromatic N) is 2. The van der Waals surface area contributed by atoms with Gasteiger partial charge >= 0.3 is 11.3 Å². The van der Waals surface area contributed by atoms with Crippen LogP contribution in [0.1, 0.15) is 60.6 Å². The summed E-state index contributed by atoms with van der Waals surface area (Å²) < 4.78 is 26.3. The summed E-state index contributed by atoms with van der Waals surface area (Å²) in [4.78, 5) is 76.8. The molecule has 0 aliphatic carbocycles. The molecule has 3 aromatic carbocycles. The van der Waals surface area contributed by atoms with Crippen LogP contribution in [-0.2, 0) is 20.7 Å². The third-order valence-corrected chi connectivity index (χ3v) is 10.5. The van der Waals surface area contributed by atoms with E-state index in [4.69, 9.17) is 23.0 Å². The molecule has 5 aromatic rings. The highest BCUT2D eigenvalue weighted by atomic mass is 16.5. The minimum Gasteiger partial charge on any atom is -0.507 e. The summed E-state index contributed by atoms with van der Waals surface area (Å²) in [5, 5.41) is 20.9. The van der Waals surface area contributed by atoms with E-state index in [1.54, 1.807) is 49.1 Å². The van der Waals surface area contributed by atoms with Crippen molar-refractivity contribution in [3.63, 3.8) is 0 Å². The lowest BCUT2D eigenvalue weighted by molar-refractivity contribution is -0.134. The Labute approximate surface area is 332 Å². The number of carbonyl (C=O) groups is 4. The third kappa shape index (κ3) is 8.71. The summed E-state index contributed by atoms with van der Waals surface area (Å²) in [6, 6.07) is 11.4. The Hall–Kier alpha value is -6.16. The van der Waals surface area contributed by atoms with Gasteiger partial charge in [-0.15, -0.1) is 0 Å². The quantitative estimate of drug-likeness (QED) is 0.107. The molecule has 2 saturated heterocycles. The van der Waals surface area contributed by atoms with Crippen LogP contribution in [0.3, 0.4) is 0 Å². The summed E-state index contributed by atoms with van der Waals surface area (Å²) >= 11 is 0. The Bertz CT molecular complexity index is 2470. The van der Waals surface area contributed by atoms with Crippen LogP contribution >= 0.6 is 0 Å². The predicted molar refractivity (Wildman–Crippen MR) is 212 cm³/mol. The number of ketones is 1. The van der Waals surface area contributed by atoms with Gasteiger partial charge in [-0.05, 0) is 61.7 Å². The molecular formula is C43H44N2O13. The Morgan fingerprint density at radius 2 is 1.41 bits per heavy atom. The molecule has 0 bridgehead atoms. The summed E-state index contributed by atoms with van der Waals surface area (Å²) in [6.45, 7) is 9.52. The molecule has 0 spiro atoms. The number of aromatic hydroxyl groups is 2. The Morgan fingerprint density at radius 1 is 0.793 bits per heavy atom. The topological polar surface area (TPSA) is 203 Å². The maximum Gasteiger partial charge on any atom is 0.344 e. The van der Waals surface area contributed by atoms with Crippen molar-refractivity contribution in [1.29, 1.82) is 0 Å². The minimum absolute atomic E-state index is 0.0247. The van der Waals surface area contributed by atoms with E-state index < -0.39 is 17.0 Å². The van der Waals surface area contributed by atoms with E-state index >= 15 is 0 Å². The molecule has 15 nitrogen and oxygen atoms in total. The molecule has 304 valence electrons. The standard InChI is InChI=1S/C25H25NO6.C18H19NO7/c1-16-19-8-9-22(29)20(15-27)24(19)32-25(30)23(16)18-6-4-17(5-7-18)21(28)3-2-10-26-11-13-31-14-12-26;1-10-11-7-14(24-2)16(22)13(9-20)17(11)26-18(23)12(10)8-15(21)19-3-5-25-6-4-19/h4-9,15,29H,2-3,10-14H2,1H3;7,9,22H,3-6,8H2,1-2H3. The smallest absolute Gasteiger partial charge is 0.344 e. The van der Waals surface area contributed by atoms with Gasteiger partial charge in [-0.1, -0.05) is 24.3 Å². The summed E-state index contributed by atoms with van der Waals surface area (Å²) in [5.41, 5.74) is 1.50. The first kappa shape index (κ1) is 41.5. The van der Waals surface area contributed by atoms with Gasteiger partial charge in [0.2, 0.25) is 5.91 Å². The molecule has 15 heteroatoms. The molecule has 58 heavy (non-hydrogen) atoms. The second-order valence-electron chi connectivity index (χ2n) is 13.9. The van der Waals surface area contributed by atoms with Gasteiger partial charge in [0.25, 0.3) is 0 Å². The molecule has 4 heterocycles. The first-order valence-corrected chi connectivity index (χ1v) is 18.8. The van der Waals surface area contributed by atoms with E-state index in [1.807, 2.05) is 0 Å². The van der Waals surface area contributed by atoms with Gasteiger partial charge < -0.3 is 38.2 Å². The zero-order valence-corrected chi connectivity index (χ0v) is 32.5. The fraction of sp³-hybridized carbons (Fsp3) is 0.349. The lowest BCUT2D eigenvalue weighted by Gasteiger charge is -2.27. The highest BCUT2D eigenvalue weighted by Gasteiger charge is 2.24. The monoisotopic (exact) mass is 796 g/mol. The summed E-state index contributed by atoms with van der Waals surface area (Å²) in [6.07, 6.45) is 2.02. The highest BCUT2D eigenvalue weighted by Crippen LogP contribution is 2.37. The number of rotatable bonds is 11. The number of hydrogen-bond donors (Lipinski definition) is 2. The molecule has 0 atom stereocenters. The van der Waals surface area contributed by atoms with Crippen molar-refractivity contribution >= 4 is 46.2 Å². The van der Waals surface area contributed by atoms with Gasteiger partial charge in [-0.25, -0.2) is 9.59 Å². The number of benzene rings is 3. The number of Topliss-reactive ketones (excluding diaryl/α,β-unsaturated/α-hetero) is 1. The van der Waals surface area contributed by atoms with E-state index in [1.165, 1.54) is 19.2 Å². The molecule has 2 aromatic heterocycles. The van der Waals surface area contributed by atoms with Crippen molar-refractivity contribution < 1.29 is 52.4 Å². The molecule has 2 aliphatic rings.